The molecule has 0 radical (unpaired) electrons. The number of piperidine rings is 2. The van der Waals surface area contributed by atoms with Crippen molar-refractivity contribution < 1.29 is 17.9 Å². The van der Waals surface area contributed by atoms with Crippen LogP contribution in [0.15, 0.2) is 29.3 Å². The van der Waals surface area contributed by atoms with Gasteiger partial charge in [0, 0.05) is 24.3 Å². The first-order valence-corrected chi connectivity index (χ1v) is 17.7. The van der Waals surface area contributed by atoms with E-state index >= 15 is 0 Å². The van der Waals surface area contributed by atoms with Gasteiger partial charge in [0.15, 0.2) is 0 Å². The van der Waals surface area contributed by atoms with Gasteiger partial charge in [-0.05, 0) is 115 Å². The van der Waals surface area contributed by atoms with Crippen LogP contribution in [0.25, 0.3) is 0 Å². The number of aromatic nitrogens is 2. The topological polar surface area (TPSA) is 114 Å². The largest absolute Gasteiger partial charge is 0.497 e. The lowest BCUT2D eigenvalue weighted by Gasteiger charge is -2.46. The highest BCUT2D eigenvalue weighted by Crippen LogP contribution is 2.34. The molecule has 2 saturated heterocycles. The van der Waals surface area contributed by atoms with Crippen molar-refractivity contribution in [2.75, 3.05) is 54.0 Å². The second-order valence-electron chi connectivity index (χ2n) is 12.9. The van der Waals surface area contributed by atoms with Gasteiger partial charge >= 0.3 is 6.01 Å². The van der Waals surface area contributed by atoms with Crippen LogP contribution in [0.5, 0.6) is 11.8 Å². The summed E-state index contributed by atoms with van der Waals surface area (Å²) >= 11 is 0. The van der Waals surface area contributed by atoms with Crippen molar-refractivity contribution in [3.63, 3.8) is 0 Å². The lowest BCUT2D eigenvalue weighted by molar-refractivity contribution is 0.0463. The van der Waals surface area contributed by atoms with Crippen LogP contribution >= 0.6 is 0 Å². The minimum Gasteiger partial charge on any atom is -0.497 e. The maximum Gasteiger partial charge on any atom is 0.316 e. The van der Waals surface area contributed by atoms with Gasteiger partial charge in [-0.25, -0.2) is 13.4 Å². The molecule has 4 rings (SSSR count). The normalized spacial score (nSPS) is 20.5. The molecule has 2 aliphatic rings. The molecule has 2 unspecified atom stereocenters. The van der Waals surface area contributed by atoms with Crippen molar-refractivity contribution >= 4 is 10.0 Å². The van der Waals surface area contributed by atoms with Crippen molar-refractivity contribution in [2.24, 2.45) is 5.73 Å². The summed E-state index contributed by atoms with van der Waals surface area (Å²) in [6.45, 7) is 9.64. The number of hydrogen-bond acceptors (Lipinski definition) is 9. The average molecular weight is 631 g/mol. The van der Waals surface area contributed by atoms with E-state index < -0.39 is 10.0 Å². The third-order valence-electron chi connectivity index (χ3n) is 9.74. The summed E-state index contributed by atoms with van der Waals surface area (Å²) in [6, 6.07) is 5.10. The molecule has 2 atom stereocenters. The first kappa shape index (κ1) is 34.6. The predicted octanol–water partition coefficient (Wildman–Crippen LogP) is 4.70. The zero-order chi connectivity index (χ0) is 31.9. The van der Waals surface area contributed by atoms with Crippen molar-refractivity contribution in [3.8, 4) is 11.8 Å². The molecule has 1 aromatic carbocycles. The van der Waals surface area contributed by atoms with Crippen molar-refractivity contribution in [3.05, 3.63) is 41.2 Å². The quantitative estimate of drug-likeness (QED) is 0.317. The van der Waals surface area contributed by atoms with Crippen LogP contribution in [0.2, 0.25) is 0 Å². The molecule has 3 heterocycles. The molecule has 0 saturated carbocycles. The fourth-order valence-corrected chi connectivity index (χ4v) is 8.99. The van der Waals surface area contributed by atoms with Crippen LogP contribution in [0.1, 0.15) is 87.6 Å². The minimum absolute atomic E-state index is 0.186. The number of hydrogen-bond donors (Lipinski definition) is 1. The molecule has 2 N–H and O–H groups in total. The van der Waals surface area contributed by atoms with E-state index in [4.69, 9.17) is 15.2 Å². The number of unbranched alkanes of at least 4 members (excludes halogenated alkanes) is 1. The number of nitrogens with two attached hydrogens (primary N) is 1. The smallest absolute Gasteiger partial charge is 0.316 e. The van der Waals surface area contributed by atoms with E-state index in [2.05, 4.69) is 40.8 Å². The Labute approximate surface area is 265 Å². The van der Waals surface area contributed by atoms with Crippen LogP contribution < -0.4 is 15.2 Å². The van der Waals surface area contributed by atoms with Gasteiger partial charge in [-0.2, -0.15) is 9.29 Å². The molecule has 2 aliphatic heterocycles. The molecule has 2 aromatic rings. The van der Waals surface area contributed by atoms with E-state index in [1.54, 1.807) is 29.7 Å². The monoisotopic (exact) mass is 630 g/mol. The van der Waals surface area contributed by atoms with Crippen molar-refractivity contribution in [2.45, 2.75) is 101 Å². The zero-order valence-electron chi connectivity index (χ0n) is 27.7. The number of ether oxygens (including phenoxy) is 2. The molecule has 246 valence electrons. The van der Waals surface area contributed by atoms with Crippen molar-refractivity contribution in [1.29, 1.82) is 0 Å². The molecule has 1 aromatic heterocycles. The van der Waals surface area contributed by atoms with Crippen LogP contribution in [0.3, 0.4) is 0 Å². The maximum atomic E-state index is 13.9. The number of methoxy groups -OCH3 is 1. The second-order valence-corrected chi connectivity index (χ2v) is 14.7. The Balaban J connectivity index is 1.35. The molecular weight excluding hydrogens is 576 g/mol. The number of aryl methyl sites for hydroxylation is 2. The first-order valence-electron chi connectivity index (χ1n) is 16.3. The van der Waals surface area contributed by atoms with E-state index in [0.29, 0.717) is 33.9 Å². The van der Waals surface area contributed by atoms with Gasteiger partial charge < -0.3 is 25.0 Å². The molecule has 44 heavy (non-hydrogen) atoms. The van der Waals surface area contributed by atoms with Crippen LogP contribution in [-0.4, -0.2) is 98.1 Å². The average Bonchev–Trinajstić information content (AvgIpc) is 3.01. The summed E-state index contributed by atoms with van der Waals surface area (Å²) in [5, 5.41) is 0. The van der Waals surface area contributed by atoms with Gasteiger partial charge in [-0.15, -0.1) is 0 Å². The third-order valence-corrected chi connectivity index (χ3v) is 12.0. The number of rotatable bonds is 14. The summed E-state index contributed by atoms with van der Waals surface area (Å²) in [7, 11) is 2.31. The predicted molar refractivity (Wildman–Crippen MR) is 175 cm³/mol. The Morgan fingerprint density at radius 1 is 1.14 bits per heavy atom. The number of sulfonamides is 1. The Kier molecular flexibility index (Phi) is 12.0. The summed E-state index contributed by atoms with van der Waals surface area (Å²) < 4.78 is 40.8. The minimum atomic E-state index is -3.73. The van der Waals surface area contributed by atoms with E-state index in [1.807, 2.05) is 19.9 Å². The van der Waals surface area contributed by atoms with Crippen LogP contribution in [-0.2, 0) is 10.0 Å². The lowest BCUT2D eigenvalue weighted by Crippen LogP contribution is -2.52. The highest BCUT2D eigenvalue weighted by atomic mass is 32.2. The standard InChI is InChI=1S/C33H54N6O4S/c1-7-8-14-33(37(4)5)15-20-38(21-16-33)19-13-29(34)30-12-17-35-32(36-30)43-24-27-11-9-10-18-39(27)44(40,41)31-25(2)22-28(42-6)23-26(31)3/h12,17,22-23,27,29H,7-11,13-16,18-21,24,34H2,1-6H3. The number of benzene rings is 1. The van der Waals surface area contributed by atoms with E-state index in [-0.39, 0.29) is 24.7 Å². The Bertz CT molecular complexity index is 1310. The molecule has 2 fully saturated rings. The van der Waals surface area contributed by atoms with Gasteiger partial charge in [0.2, 0.25) is 10.0 Å². The van der Waals surface area contributed by atoms with Crippen LogP contribution in [0.4, 0.5) is 0 Å². The molecule has 0 bridgehead atoms. The van der Waals surface area contributed by atoms with E-state index in [0.717, 1.165) is 51.0 Å². The first-order chi connectivity index (χ1) is 21.0. The number of likely N-dealkylation sites (tertiary alicyclic amines) is 1. The maximum absolute atomic E-state index is 13.9. The second kappa shape index (κ2) is 15.3. The van der Waals surface area contributed by atoms with Gasteiger partial charge in [-0.1, -0.05) is 26.2 Å². The zero-order valence-corrected chi connectivity index (χ0v) is 28.5. The fraction of sp³-hybridized carbons (Fsp3) is 0.697. The number of nitrogens with zero attached hydrogens (tertiary/aromatic N) is 5. The summed E-state index contributed by atoms with van der Waals surface area (Å²) in [5.41, 5.74) is 9.01. The van der Waals surface area contributed by atoms with Gasteiger partial charge in [0.25, 0.3) is 0 Å². The summed E-state index contributed by atoms with van der Waals surface area (Å²) in [4.78, 5) is 14.3. The molecule has 0 amide bonds. The van der Waals surface area contributed by atoms with Gasteiger partial charge in [-0.3, -0.25) is 0 Å². The van der Waals surface area contributed by atoms with E-state index in [1.165, 1.54) is 32.1 Å². The van der Waals surface area contributed by atoms with E-state index in [9.17, 15) is 8.42 Å². The van der Waals surface area contributed by atoms with Crippen molar-refractivity contribution in [1.82, 2.24) is 24.1 Å². The lowest BCUT2D eigenvalue weighted by atomic mass is 9.81. The van der Waals surface area contributed by atoms with Crippen LogP contribution in [0, 0.1) is 13.8 Å². The third kappa shape index (κ3) is 8.09. The summed E-state index contributed by atoms with van der Waals surface area (Å²) in [5.74, 6) is 0.650. The molecule has 0 aliphatic carbocycles. The molecule has 11 heteroatoms. The molecular formula is C33H54N6O4S. The highest BCUT2D eigenvalue weighted by molar-refractivity contribution is 7.89. The SMILES string of the molecule is CCCCC1(N(C)C)CCN(CCC(N)c2ccnc(OCC3CCCCN3S(=O)(=O)c3c(C)cc(OC)cc3C)n2)CC1. The fourth-order valence-electron chi connectivity index (χ4n) is 6.90. The summed E-state index contributed by atoms with van der Waals surface area (Å²) in [6.07, 6.45) is 11.1. The Hall–Kier alpha value is -2.31. The van der Waals surface area contributed by atoms with Gasteiger partial charge in [0.05, 0.1) is 23.7 Å². The molecule has 0 spiro atoms. The highest BCUT2D eigenvalue weighted by Gasteiger charge is 2.37. The van der Waals surface area contributed by atoms with Gasteiger partial charge in [0.1, 0.15) is 12.4 Å². The molecule has 10 nitrogen and oxygen atoms in total. The Morgan fingerprint density at radius 2 is 1.84 bits per heavy atom. The Morgan fingerprint density at radius 3 is 2.48 bits per heavy atom.